The Kier molecular flexibility index (Phi) is 9.24. The van der Waals surface area contributed by atoms with Gasteiger partial charge in [-0.05, 0) is 56.5 Å². The average Bonchev–Trinajstić information content (AvgIpc) is 3.28. The van der Waals surface area contributed by atoms with Crippen LogP contribution >= 0.6 is 11.6 Å². The van der Waals surface area contributed by atoms with Gasteiger partial charge in [-0.2, -0.15) is 5.10 Å². The number of hydrogen-bond donors (Lipinski definition) is 1. The molecule has 1 unspecified atom stereocenters. The maximum Gasteiger partial charge on any atom is 0.0765 e. The molecule has 3 aromatic rings. The van der Waals surface area contributed by atoms with E-state index in [1.807, 2.05) is 12.1 Å². The number of nitrogens with one attached hydrogen (secondary N) is 1. The van der Waals surface area contributed by atoms with Gasteiger partial charge in [0.2, 0.25) is 0 Å². The predicted molar refractivity (Wildman–Crippen MR) is 151 cm³/mol. The van der Waals surface area contributed by atoms with Crippen LogP contribution < -0.4 is 5.32 Å². The zero-order valence-corrected chi connectivity index (χ0v) is 23.1. The molecule has 0 saturated carbocycles. The fourth-order valence-electron chi connectivity index (χ4n) is 5.17. The molecule has 1 aromatic heterocycles. The van der Waals surface area contributed by atoms with Gasteiger partial charge in [-0.1, -0.05) is 67.4 Å². The smallest absolute Gasteiger partial charge is 0.0765 e. The second kappa shape index (κ2) is 12.4. The third-order valence-corrected chi connectivity index (χ3v) is 7.21. The van der Waals surface area contributed by atoms with Gasteiger partial charge in [-0.25, -0.2) is 0 Å². The molecule has 36 heavy (non-hydrogen) atoms. The van der Waals surface area contributed by atoms with Crippen LogP contribution in [0.3, 0.4) is 0 Å². The third kappa shape index (κ3) is 6.98. The summed E-state index contributed by atoms with van der Waals surface area (Å²) in [5.74, 6) is 0. The number of halogens is 1. The van der Waals surface area contributed by atoms with Crippen LogP contribution in [0.15, 0.2) is 60.7 Å². The first-order chi connectivity index (χ1) is 17.3. The Morgan fingerprint density at radius 3 is 2.25 bits per heavy atom. The lowest BCUT2D eigenvalue weighted by molar-refractivity contribution is 0.110. The largest absolute Gasteiger partial charge is 0.310 e. The van der Waals surface area contributed by atoms with E-state index in [0.29, 0.717) is 0 Å². The molecule has 0 amide bonds. The fourth-order valence-corrected chi connectivity index (χ4v) is 5.30. The number of piperazine rings is 1. The highest BCUT2D eigenvalue weighted by molar-refractivity contribution is 6.30. The maximum absolute atomic E-state index is 6.18. The number of nitrogens with zero attached hydrogens (tertiary/aromatic N) is 4. The minimum Gasteiger partial charge on any atom is -0.310 e. The molecule has 0 aliphatic carbocycles. The molecule has 1 N–H and O–H groups in total. The standard InChI is InChI=1S/C30H42ClN5/c1-5-9-28-22-27(33-36(28)30(2,3)4)23-32-16-17-34-18-20-35(21-19-34)29(24-10-7-6-8-11-24)25-12-14-26(31)15-13-25/h6-8,10-15,22,29,32H,5,9,16-21,23H2,1-4H3. The van der Waals surface area contributed by atoms with E-state index in [0.717, 1.165) is 69.4 Å². The highest BCUT2D eigenvalue weighted by atomic mass is 35.5. The zero-order valence-electron chi connectivity index (χ0n) is 22.4. The Bertz CT molecular complexity index is 1060. The van der Waals surface area contributed by atoms with Crippen molar-refractivity contribution < 1.29 is 0 Å². The Morgan fingerprint density at radius 1 is 0.944 bits per heavy atom. The van der Waals surface area contributed by atoms with Crippen molar-refractivity contribution in [3.63, 3.8) is 0 Å². The van der Waals surface area contributed by atoms with Gasteiger partial charge in [0.1, 0.15) is 0 Å². The summed E-state index contributed by atoms with van der Waals surface area (Å²) < 4.78 is 2.20. The van der Waals surface area contributed by atoms with Gasteiger partial charge in [0.25, 0.3) is 0 Å². The van der Waals surface area contributed by atoms with Gasteiger partial charge in [0, 0.05) is 56.5 Å². The lowest BCUT2D eigenvalue weighted by Gasteiger charge is -2.39. The summed E-state index contributed by atoms with van der Waals surface area (Å²) >= 11 is 6.18. The highest BCUT2D eigenvalue weighted by Crippen LogP contribution is 2.30. The van der Waals surface area contributed by atoms with E-state index >= 15 is 0 Å². The number of benzene rings is 2. The van der Waals surface area contributed by atoms with E-state index in [4.69, 9.17) is 16.7 Å². The Labute approximate surface area is 222 Å². The van der Waals surface area contributed by atoms with Crippen molar-refractivity contribution in [3.05, 3.63) is 88.2 Å². The van der Waals surface area contributed by atoms with Crippen molar-refractivity contribution in [1.29, 1.82) is 0 Å². The highest BCUT2D eigenvalue weighted by Gasteiger charge is 2.26. The van der Waals surface area contributed by atoms with Crippen LogP contribution in [0.4, 0.5) is 0 Å². The van der Waals surface area contributed by atoms with Gasteiger partial charge >= 0.3 is 0 Å². The van der Waals surface area contributed by atoms with Gasteiger partial charge in [-0.3, -0.25) is 14.5 Å². The van der Waals surface area contributed by atoms with Crippen molar-refractivity contribution in [1.82, 2.24) is 24.9 Å². The predicted octanol–water partition coefficient (Wildman–Crippen LogP) is 5.74. The molecule has 1 aliphatic rings. The molecule has 2 heterocycles. The molecule has 2 aromatic carbocycles. The third-order valence-electron chi connectivity index (χ3n) is 6.96. The Balaban J connectivity index is 1.29. The van der Waals surface area contributed by atoms with Crippen LogP contribution in [0.5, 0.6) is 0 Å². The molecule has 6 heteroatoms. The van der Waals surface area contributed by atoms with E-state index < -0.39 is 0 Å². The van der Waals surface area contributed by atoms with Crippen molar-refractivity contribution in [2.45, 2.75) is 58.7 Å². The molecule has 0 spiro atoms. The van der Waals surface area contributed by atoms with Crippen LogP contribution in [0.2, 0.25) is 5.02 Å². The molecule has 1 saturated heterocycles. The fraction of sp³-hybridized carbons (Fsp3) is 0.500. The van der Waals surface area contributed by atoms with Crippen molar-refractivity contribution in [2.24, 2.45) is 0 Å². The molecule has 4 rings (SSSR count). The number of rotatable bonds is 10. The van der Waals surface area contributed by atoms with Crippen LogP contribution in [-0.4, -0.2) is 58.8 Å². The second-order valence-electron chi connectivity index (χ2n) is 10.9. The first-order valence-corrected chi connectivity index (χ1v) is 13.8. The molecule has 1 fully saturated rings. The van der Waals surface area contributed by atoms with E-state index in [2.05, 4.69) is 96.0 Å². The minimum absolute atomic E-state index is 0.0199. The summed E-state index contributed by atoms with van der Waals surface area (Å²) in [6, 6.07) is 21.7. The molecule has 194 valence electrons. The Morgan fingerprint density at radius 2 is 1.61 bits per heavy atom. The number of aromatic nitrogens is 2. The van der Waals surface area contributed by atoms with Gasteiger partial charge in [0.15, 0.2) is 0 Å². The van der Waals surface area contributed by atoms with Crippen LogP contribution in [0, 0.1) is 0 Å². The first-order valence-electron chi connectivity index (χ1n) is 13.4. The lowest BCUT2D eigenvalue weighted by atomic mass is 9.96. The summed E-state index contributed by atoms with van der Waals surface area (Å²) in [6.45, 7) is 16.0. The normalized spacial score (nSPS) is 16.4. The summed E-state index contributed by atoms with van der Waals surface area (Å²) in [7, 11) is 0. The monoisotopic (exact) mass is 507 g/mol. The van der Waals surface area contributed by atoms with Crippen LogP contribution in [-0.2, 0) is 18.5 Å². The summed E-state index contributed by atoms with van der Waals surface area (Å²) in [5.41, 5.74) is 5.15. The summed E-state index contributed by atoms with van der Waals surface area (Å²) in [6.07, 6.45) is 2.22. The van der Waals surface area contributed by atoms with Crippen molar-refractivity contribution in [2.75, 3.05) is 39.3 Å². The molecule has 0 radical (unpaired) electrons. The molecular formula is C30H42ClN5. The zero-order chi connectivity index (χ0) is 25.5. The van der Waals surface area contributed by atoms with Crippen molar-refractivity contribution >= 4 is 11.6 Å². The van der Waals surface area contributed by atoms with Gasteiger partial charge in [0.05, 0.1) is 17.3 Å². The summed E-state index contributed by atoms with van der Waals surface area (Å²) in [5, 5.41) is 9.32. The molecular weight excluding hydrogens is 466 g/mol. The topological polar surface area (TPSA) is 36.3 Å². The van der Waals surface area contributed by atoms with E-state index in [9.17, 15) is 0 Å². The first kappa shape index (κ1) is 26.9. The summed E-state index contributed by atoms with van der Waals surface area (Å²) in [4.78, 5) is 5.18. The lowest BCUT2D eigenvalue weighted by Crippen LogP contribution is -2.49. The van der Waals surface area contributed by atoms with E-state index in [1.165, 1.54) is 16.8 Å². The molecule has 5 nitrogen and oxygen atoms in total. The van der Waals surface area contributed by atoms with E-state index in [1.54, 1.807) is 0 Å². The van der Waals surface area contributed by atoms with Crippen LogP contribution in [0.1, 0.15) is 62.7 Å². The Hall–Kier alpha value is -2.18. The second-order valence-corrected chi connectivity index (χ2v) is 11.3. The average molecular weight is 508 g/mol. The molecule has 0 bridgehead atoms. The van der Waals surface area contributed by atoms with Crippen molar-refractivity contribution in [3.8, 4) is 0 Å². The van der Waals surface area contributed by atoms with Gasteiger partial charge in [-0.15, -0.1) is 0 Å². The SMILES string of the molecule is CCCc1cc(CNCCN2CCN(C(c3ccccc3)c3ccc(Cl)cc3)CC2)nn1C(C)(C)C. The van der Waals surface area contributed by atoms with Crippen LogP contribution in [0.25, 0.3) is 0 Å². The maximum atomic E-state index is 6.18. The molecule has 1 aliphatic heterocycles. The van der Waals surface area contributed by atoms with E-state index in [-0.39, 0.29) is 11.6 Å². The van der Waals surface area contributed by atoms with Gasteiger partial charge < -0.3 is 5.32 Å². The number of aryl methyl sites for hydroxylation is 1. The molecule has 1 atom stereocenters. The quantitative estimate of drug-likeness (QED) is 0.355. The minimum atomic E-state index is 0.0199. The number of hydrogen-bond acceptors (Lipinski definition) is 4.